The van der Waals surface area contributed by atoms with Gasteiger partial charge in [0.1, 0.15) is 0 Å². The van der Waals surface area contributed by atoms with Gasteiger partial charge in [0.25, 0.3) is 0 Å². The number of carboxylic acids is 1. The molecule has 0 bridgehead atoms. The summed E-state index contributed by atoms with van der Waals surface area (Å²) >= 11 is 5.03. The predicted molar refractivity (Wildman–Crippen MR) is 51.3 cm³/mol. The monoisotopic (exact) mass is 200 g/mol. The molecule has 72 valence electrons. The Balaban J connectivity index is 2.88. The van der Waals surface area contributed by atoms with Crippen LogP contribution in [0.1, 0.15) is 17.8 Å². The molecule has 0 atom stereocenters. The zero-order chi connectivity index (χ0) is 10.0. The van der Waals surface area contributed by atoms with Gasteiger partial charge < -0.3 is 14.7 Å². The second kappa shape index (κ2) is 3.74. The molecule has 0 aliphatic carbocycles. The van der Waals surface area contributed by atoms with Gasteiger partial charge in [-0.1, -0.05) is 0 Å². The highest BCUT2D eigenvalue weighted by molar-refractivity contribution is 7.71. The summed E-state index contributed by atoms with van der Waals surface area (Å²) in [5.41, 5.74) is 2.00. The van der Waals surface area contributed by atoms with Gasteiger partial charge in [-0.25, -0.2) is 0 Å². The largest absolute Gasteiger partial charge is 0.481 e. The van der Waals surface area contributed by atoms with Gasteiger partial charge in [-0.05, 0) is 26.1 Å². The minimum Gasteiger partial charge on any atom is -0.481 e. The van der Waals surface area contributed by atoms with E-state index in [1.165, 1.54) is 0 Å². The third-order valence-corrected chi connectivity index (χ3v) is 2.36. The first-order valence-corrected chi connectivity index (χ1v) is 4.41. The number of carboxylic acid groups (broad SMARTS) is 1. The Labute approximate surface area is 81.2 Å². The SMILES string of the molecule is Cc1[nH]c(=S)n(CCC(=O)O)c1C. The molecule has 0 radical (unpaired) electrons. The number of H-pyrrole nitrogens is 1. The van der Waals surface area contributed by atoms with Crippen LogP contribution in [-0.2, 0) is 11.3 Å². The van der Waals surface area contributed by atoms with E-state index in [4.69, 9.17) is 17.3 Å². The summed E-state index contributed by atoms with van der Waals surface area (Å²) in [5.74, 6) is -0.805. The molecule has 4 nitrogen and oxygen atoms in total. The van der Waals surface area contributed by atoms with Crippen LogP contribution < -0.4 is 0 Å². The molecule has 1 rings (SSSR count). The lowest BCUT2D eigenvalue weighted by Gasteiger charge is -2.02. The maximum atomic E-state index is 10.3. The van der Waals surface area contributed by atoms with Crippen molar-refractivity contribution < 1.29 is 9.90 Å². The Morgan fingerprint density at radius 3 is 2.62 bits per heavy atom. The van der Waals surface area contributed by atoms with Crippen LogP contribution in [0.15, 0.2) is 0 Å². The van der Waals surface area contributed by atoms with E-state index in [-0.39, 0.29) is 6.42 Å². The molecule has 0 saturated carbocycles. The van der Waals surface area contributed by atoms with Crippen molar-refractivity contribution in [2.45, 2.75) is 26.8 Å². The molecule has 5 heteroatoms. The summed E-state index contributed by atoms with van der Waals surface area (Å²) < 4.78 is 2.40. The number of aliphatic carboxylic acids is 1. The highest BCUT2D eigenvalue weighted by atomic mass is 32.1. The van der Waals surface area contributed by atoms with Gasteiger partial charge in [0.15, 0.2) is 4.77 Å². The zero-order valence-corrected chi connectivity index (χ0v) is 8.44. The smallest absolute Gasteiger partial charge is 0.305 e. The number of nitrogens with zero attached hydrogens (tertiary/aromatic N) is 1. The normalized spacial score (nSPS) is 10.3. The van der Waals surface area contributed by atoms with E-state index in [1.807, 2.05) is 13.8 Å². The number of imidazole rings is 1. The van der Waals surface area contributed by atoms with E-state index in [9.17, 15) is 4.79 Å². The molecule has 2 N–H and O–H groups in total. The summed E-state index contributed by atoms with van der Waals surface area (Å²) in [7, 11) is 0. The minimum absolute atomic E-state index is 0.104. The van der Waals surface area contributed by atoms with Gasteiger partial charge in [0.2, 0.25) is 0 Å². The Hall–Kier alpha value is -1.10. The highest BCUT2D eigenvalue weighted by Gasteiger charge is 2.05. The number of aryl methyl sites for hydroxylation is 1. The van der Waals surface area contributed by atoms with E-state index >= 15 is 0 Å². The minimum atomic E-state index is -0.805. The molecule has 13 heavy (non-hydrogen) atoms. The molecule has 0 aliphatic heterocycles. The van der Waals surface area contributed by atoms with E-state index in [1.54, 1.807) is 4.57 Å². The maximum Gasteiger partial charge on any atom is 0.305 e. The number of aromatic nitrogens is 2. The van der Waals surface area contributed by atoms with Crippen LogP contribution in [0.3, 0.4) is 0 Å². The number of aromatic amines is 1. The molecular weight excluding hydrogens is 188 g/mol. The zero-order valence-electron chi connectivity index (χ0n) is 7.63. The summed E-state index contributed by atoms with van der Waals surface area (Å²) in [4.78, 5) is 13.3. The molecule has 0 spiro atoms. The average molecular weight is 200 g/mol. The number of rotatable bonds is 3. The third kappa shape index (κ3) is 2.18. The number of hydrogen-bond donors (Lipinski definition) is 2. The van der Waals surface area contributed by atoms with Crippen molar-refractivity contribution in [3.05, 3.63) is 16.2 Å². The molecule has 1 heterocycles. The lowest BCUT2D eigenvalue weighted by atomic mass is 10.3. The number of carbonyl (C=O) groups is 1. The maximum absolute atomic E-state index is 10.3. The van der Waals surface area contributed by atoms with Gasteiger partial charge in [0.05, 0.1) is 6.42 Å². The van der Waals surface area contributed by atoms with Gasteiger partial charge >= 0.3 is 5.97 Å². The molecular formula is C8H12N2O2S. The molecule has 1 aromatic rings. The van der Waals surface area contributed by atoms with E-state index in [2.05, 4.69) is 4.98 Å². The van der Waals surface area contributed by atoms with E-state index < -0.39 is 5.97 Å². The molecule has 1 aromatic heterocycles. The third-order valence-electron chi connectivity index (χ3n) is 2.04. The molecule has 0 fully saturated rings. The summed E-state index contributed by atoms with van der Waals surface area (Å²) in [5, 5.41) is 8.51. The molecule has 0 saturated heterocycles. The van der Waals surface area contributed by atoms with Crippen molar-refractivity contribution in [1.82, 2.24) is 9.55 Å². The summed E-state index contributed by atoms with van der Waals surface area (Å²) in [6.45, 7) is 4.27. The van der Waals surface area contributed by atoms with Crippen molar-refractivity contribution in [2.75, 3.05) is 0 Å². The Morgan fingerprint density at radius 1 is 1.62 bits per heavy atom. The first kappa shape index (κ1) is 9.98. The quantitative estimate of drug-likeness (QED) is 0.729. The number of hydrogen-bond acceptors (Lipinski definition) is 2. The Morgan fingerprint density at radius 2 is 2.23 bits per heavy atom. The van der Waals surface area contributed by atoms with Crippen LogP contribution in [0.25, 0.3) is 0 Å². The van der Waals surface area contributed by atoms with Crippen LogP contribution in [0.4, 0.5) is 0 Å². The lowest BCUT2D eigenvalue weighted by Crippen LogP contribution is -2.06. The van der Waals surface area contributed by atoms with Crippen LogP contribution in [0, 0.1) is 18.6 Å². The molecule has 0 aromatic carbocycles. The van der Waals surface area contributed by atoms with Gasteiger partial charge in [-0.3, -0.25) is 4.79 Å². The Bertz CT molecular complexity index is 378. The van der Waals surface area contributed by atoms with Gasteiger partial charge in [-0.15, -0.1) is 0 Å². The van der Waals surface area contributed by atoms with Crippen molar-refractivity contribution in [2.24, 2.45) is 0 Å². The fourth-order valence-electron chi connectivity index (χ4n) is 1.15. The first-order valence-electron chi connectivity index (χ1n) is 4.00. The van der Waals surface area contributed by atoms with E-state index in [0.29, 0.717) is 11.3 Å². The average Bonchev–Trinajstić information content (AvgIpc) is 2.24. The topological polar surface area (TPSA) is 58.0 Å². The van der Waals surface area contributed by atoms with Crippen molar-refractivity contribution in [3.63, 3.8) is 0 Å². The predicted octanol–water partition coefficient (Wildman–Crippen LogP) is 1.64. The van der Waals surface area contributed by atoms with Crippen LogP contribution in [-0.4, -0.2) is 20.6 Å². The van der Waals surface area contributed by atoms with Crippen LogP contribution in [0.2, 0.25) is 0 Å². The second-order valence-corrected chi connectivity index (χ2v) is 3.32. The standard InChI is InChI=1S/C8H12N2O2S/c1-5-6(2)10(8(13)9-5)4-3-7(11)12/h3-4H2,1-2H3,(H,9,13)(H,11,12). The highest BCUT2D eigenvalue weighted by Crippen LogP contribution is 2.07. The number of nitrogens with one attached hydrogen (secondary N) is 1. The molecule has 0 aliphatic rings. The lowest BCUT2D eigenvalue weighted by molar-refractivity contribution is -0.137. The van der Waals surface area contributed by atoms with E-state index in [0.717, 1.165) is 11.4 Å². The fraction of sp³-hybridized carbons (Fsp3) is 0.500. The van der Waals surface area contributed by atoms with Crippen molar-refractivity contribution >= 4 is 18.2 Å². The fourth-order valence-corrected chi connectivity index (χ4v) is 1.53. The second-order valence-electron chi connectivity index (χ2n) is 2.94. The van der Waals surface area contributed by atoms with Crippen LogP contribution >= 0.6 is 12.2 Å². The first-order chi connectivity index (χ1) is 6.02. The van der Waals surface area contributed by atoms with Gasteiger partial charge in [0, 0.05) is 17.9 Å². The van der Waals surface area contributed by atoms with Gasteiger partial charge in [-0.2, -0.15) is 0 Å². The molecule has 0 unspecified atom stereocenters. The van der Waals surface area contributed by atoms with Crippen molar-refractivity contribution in [3.8, 4) is 0 Å². The molecule has 0 amide bonds. The van der Waals surface area contributed by atoms with Crippen molar-refractivity contribution in [1.29, 1.82) is 0 Å². The summed E-state index contributed by atoms with van der Waals surface area (Å²) in [6, 6.07) is 0. The van der Waals surface area contributed by atoms with Crippen LogP contribution in [0.5, 0.6) is 0 Å². The Kier molecular flexibility index (Phi) is 2.87. The summed E-state index contributed by atoms with van der Waals surface area (Å²) in [6.07, 6.45) is 0.104.